The summed E-state index contributed by atoms with van der Waals surface area (Å²) >= 11 is 0. The minimum Gasteiger partial charge on any atom is -0.494 e. The van der Waals surface area contributed by atoms with Crippen molar-refractivity contribution < 1.29 is 9.47 Å². The van der Waals surface area contributed by atoms with Gasteiger partial charge in [0.15, 0.2) is 0 Å². The van der Waals surface area contributed by atoms with Gasteiger partial charge in [0.25, 0.3) is 0 Å². The molecule has 1 radical (unpaired) electrons. The van der Waals surface area contributed by atoms with Crippen LogP contribution in [0.25, 0.3) is 0 Å². The molecule has 0 spiro atoms. The van der Waals surface area contributed by atoms with Crippen LogP contribution in [0.5, 0.6) is 17.2 Å². The van der Waals surface area contributed by atoms with Crippen LogP contribution >= 0.6 is 0 Å². The van der Waals surface area contributed by atoms with Crippen LogP contribution in [0.4, 0.5) is 5.69 Å². The zero-order valence-corrected chi connectivity index (χ0v) is 8.68. The van der Waals surface area contributed by atoms with Crippen LogP contribution in [-0.4, -0.2) is 17.3 Å². The number of nitrogens with one attached hydrogen (secondary N) is 1. The van der Waals surface area contributed by atoms with E-state index in [-0.39, 0.29) is 0 Å². The van der Waals surface area contributed by atoms with Gasteiger partial charge in [0.2, 0.25) is 0 Å². The van der Waals surface area contributed by atoms with Crippen molar-refractivity contribution in [2.24, 2.45) is 0 Å². The Morgan fingerprint density at radius 3 is 2.69 bits per heavy atom. The summed E-state index contributed by atoms with van der Waals surface area (Å²) in [6.07, 6.45) is 3.06. The van der Waals surface area contributed by atoms with E-state index in [1.54, 1.807) is 30.5 Å². The highest BCUT2D eigenvalue weighted by Crippen LogP contribution is 2.29. The summed E-state index contributed by atoms with van der Waals surface area (Å²) in [5.41, 5.74) is 7.87. The summed E-state index contributed by atoms with van der Waals surface area (Å²) in [6.45, 7) is 0. The molecular formula is C11H10N3O2. The smallest absolute Gasteiger partial charge is 0.149 e. The molecule has 5 heteroatoms. The molecule has 81 valence electrons. The van der Waals surface area contributed by atoms with Gasteiger partial charge in [-0.3, -0.25) is 5.73 Å². The first-order chi connectivity index (χ1) is 7.79. The monoisotopic (exact) mass is 216 g/mol. The van der Waals surface area contributed by atoms with Crippen LogP contribution in [0.1, 0.15) is 0 Å². The third-order valence-corrected chi connectivity index (χ3v) is 1.97. The Kier molecular flexibility index (Phi) is 2.86. The highest BCUT2D eigenvalue weighted by atomic mass is 16.5. The van der Waals surface area contributed by atoms with Gasteiger partial charge in [0.1, 0.15) is 17.2 Å². The third kappa shape index (κ3) is 2.20. The molecule has 0 amide bonds. The molecule has 1 heterocycles. The molecule has 16 heavy (non-hydrogen) atoms. The number of benzene rings is 1. The predicted molar refractivity (Wildman–Crippen MR) is 57.9 cm³/mol. The number of methoxy groups -OCH3 is 1. The molecule has 0 saturated heterocycles. The van der Waals surface area contributed by atoms with Crippen LogP contribution < -0.4 is 15.2 Å². The standard InChI is InChI=1S/C11H10N3O2/c1-15-11-6-8(2-3-10(11)12)16-9-4-5-13-14-7-9/h2-7,12H,1H3. The zero-order chi connectivity index (χ0) is 11.4. The molecule has 2 aromatic rings. The lowest BCUT2D eigenvalue weighted by Crippen LogP contribution is -1.89. The maximum absolute atomic E-state index is 7.54. The number of aromatic nitrogens is 2. The second-order valence-corrected chi connectivity index (χ2v) is 3.04. The Bertz CT molecular complexity index is 474. The Labute approximate surface area is 92.8 Å². The molecule has 1 aromatic carbocycles. The molecule has 0 bridgehead atoms. The fourth-order valence-electron chi connectivity index (χ4n) is 1.21. The molecule has 1 aromatic heterocycles. The van der Waals surface area contributed by atoms with Gasteiger partial charge in [0.05, 0.1) is 25.2 Å². The molecule has 0 aliphatic carbocycles. The maximum Gasteiger partial charge on any atom is 0.149 e. The number of hydrogen-bond acceptors (Lipinski definition) is 4. The van der Waals surface area contributed by atoms with Crippen molar-refractivity contribution in [2.45, 2.75) is 0 Å². The first-order valence-corrected chi connectivity index (χ1v) is 4.64. The van der Waals surface area contributed by atoms with Crippen molar-refractivity contribution in [1.29, 1.82) is 0 Å². The molecule has 0 aliphatic rings. The summed E-state index contributed by atoms with van der Waals surface area (Å²) < 4.78 is 10.5. The first kappa shape index (κ1) is 10.2. The maximum atomic E-state index is 7.54. The molecule has 0 aliphatic heterocycles. The first-order valence-electron chi connectivity index (χ1n) is 4.64. The van der Waals surface area contributed by atoms with Crippen molar-refractivity contribution in [3.8, 4) is 17.2 Å². The van der Waals surface area contributed by atoms with Crippen LogP contribution in [-0.2, 0) is 0 Å². The minimum atomic E-state index is 0.322. The average molecular weight is 216 g/mol. The van der Waals surface area contributed by atoms with E-state index in [1.165, 1.54) is 13.3 Å². The third-order valence-electron chi connectivity index (χ3n) is 1.97. The quantitative estimate of drug-likeness (QED) is 0.788. The molecule has 0 unspecified atom stereocenters. The second-order valence-electron chi connectivity index (χ2n) is 3.04. The molecule has 5 nitrogen and oxygen atoms in total. The van der Waals surface area contributed by atoms with Crippen molar-refractivity contribution >= 4 is 5.69 Å². The molecule has 2 rings (SSSR count). The van der Waals surface area contributed by atoms with Gasteiger partial charge in [0, 0.05) is 12.1 Å². The SMILES string of the molecule is COc1cc(Oc2ccnnc2)ccc1[NH]. The Morgan fingerprint density at radius 1 is 1.12 bits per heavy atom. The summed E-state index contributed by atoms with van der Waals surface area (Å²) in [4.78, 5) is 0. The number of ether oxygens (including phenoxy) is 2. The van der Waals surface area contributed by atoms with Crippen LogP contribution in [0.15, 0.2) is 36.7 Å². The van der Waals surface area contributed by atoms with E-state index in [9.17, 15) is 0 Å². The van der Waals surface area contributed by atoms with Crippen LogP contribution in [0, 0.1) is 0 Å². The van der Waals surface area contributed by atoms with Crippen molar-refractivity contribution in [3.63, 3.8) is 0 Å². The van der Waals surface area contributed by atoms with Gasteiger partial charge in [-0.15, -0.1) is 0 Å². The highest BCUT2D eigenvalue weighted by Gasteiger charge is 2.03. The van der Waals surface area contributed by atoms with E-state index < -0.39 is 0 Å². The van der Waals surface area contributed by atoms with Crippen molar-refractivity contribution in [2.75, 3.05) is 7.11 Å². The number of hydrogen-bond donors (Lipinski definition) is 0. The Hall–Kier alpha value is -2.30. The van der Waals surface area contributed by atoms with Crippen LogP contribution in [0.3, 0.4) is 0 Å². The topological polar surface area (TPSA) is 68.0 Å². The molecule has 0 atom stereocenters. The predicted octanol–water partition coefficient (Wildman–Crippen LogP) is 2.19. The fraction of sp³-hybridized carbons (Fsp3) is 0.0909. The van der Waals surface area contributed by atoms with Crippen LogP contribution in [0.2, 0.25) is 0 Å². The number of rotatable bonds is 3. The van der Waals surface area contributed by atoms with E-state index >= 15 is 0 Å². The van der Waals surface area contributed by atoms with Gasteiger partial charge in [-0.1, -0.05) is 0 Å². The van der Waals surface area contributed by atoms with E-state index in [1.807, 2.05) is 0 Å². The van der Waals surface area contributed by atoms with E-state index in [0.29, 0.717) is 22.9 Å². The largest absolute Gasteiger partial charge is 0.494 e. The Morgan fingerprint density at radius 2 is 2.00 bits per heavy atom. The van der Waals surface area contributed by atoms with Crippen molar-refractivity contribution in [1.82, 2.24) is 15.9 Å². The van der Waals surface area contributed by atoms with Gasteiger partial charge in [-0.05, 0) is 12.1 Å². The normalized spacial score (nSPS) is 9.81. The lowest BCUT2D eigenvalue weighted by molar-refractivity contribution is 0.410. The highest BCUT2D eigenvalue weighted by molar-refractivity contribution is 5.53. The molecular weight excluding hydrogens is 206 g/mol. The number of nitrogens with zero attached hydrogens (tertiary/aromatic N) is 2. The summed E-state index contributed by atoms with van der Waals surface area (Å²) in [5, 5.41) is 7.35. The second kappa shape index (κ2) is 4.48. The Balaban J connectivity index is 2.22. The molecule has 0 saturated carbocycles. The lowest BCUT2D eigenvalue weighted by Gasteiger charge is -2.07. The lowest BCUT2D eigenvalue weighted by atomic mass is 10.3. The van der Waals surface area contributed by atoms with E-state index in [0.717, 1.165) is 0 Å². The zero-order valence-electron chi connectivity index (χ0n) is 8.68. The van der Waals surface area contributed by atoms with Gasteiger partial charge >= 0.3 is 0 Å². The van der Waals surface area contributed by atoms with E-state index in [4.69, 9.17) is 15.2 Å². The van der Waals surface area contributed by atoms with E-state index in [2.05, 4.69) is 10.2 Å². The summed E-state index contributed by atoms with van der Waals surface area (Å²) in [6, 6.07) is 6.67. The van der Waals surface area contributed by atoms with Gasteiger partial charge in [-0.2, -0.15) is 10.2 Å². The molecule has 1 N–H and O–H groups in total. The molecule has 0 fully saturated rings. The summed E-state index contributed by atoms with van der Waals surface area (Å²) in [7, 11) is 1.52. The van der Waals surface area contributed by atoms with Crippen molar-refractivity contribution in [3.05, 3.63) is 36.7 Å². The minimum absolute atomic E-state index is 0.322. The summed E-state index contributed by atoms with van der Waals surface area (Å²) in [5.74, 6) is 1.66. The fourth-order valence-corrected chi connectivity index (χ4v) is 1.21. The van der Waals surface area contributed by atoms with Gasteiger partial charge in [-0.25, -0.2) is 0 Å². The van der Waals surface area contributed by atoms with Gasteiger partial charge < -0.3 is 9.47 Å². The average Bonchev–Trinajstić information content (AvgIpc) is 2.33.